The number of anilines is 2. The van der Waals surface area contributed by atoms with Gasteiger partial charge in [0.05, 0.1) is 30.0 Å². The molecular weight excluding hydrogens is 344 g/mol. The molecule has 8 heteroatoms. The van der Waals surface area contributed by atoms with Crippen LogP contribution in [0.15, 0.2) is 12.3 Å². The Balaban J connectivity index is 1.53. The van der Waals surface area contributed by atoms with E-state index < -0.39 is 0 Å². The molecule has 0 spiro atoms. The van der Waals surface area contributed by atoms with Gasteiger partial charge in [-0.05, 0) is 37.3 Å². The number of carbonyl (C=O) groups is 2. The molecule has 2 aliphatic rings. The number of hydrogen-bond acceptors (Lipinski definition) is 5. The maximum Gasteiger partial charge on any atom is 0.255 e. The number of pyridine rings is 1. The molecule has 8 nitrogen and oxygen atoms in total. The maximum absolute atomic E-state index is 12.9. The molecule has 27 heavy (non-hydrogen) atoms. The van der Waals surface area contributed by atoms with Crippen molar-refractivity contribution >= 4 is 23.3 Å². The number of likely N-dealkylation sites (N-methyl/N-ethyl adjacent to an activating group) is 1. The van der Waals surface area contributed by atoms with Crippen molar-refractivity contribution < 1.29 is 9.59 Å². The normalized spacial score (nSPS) is 16.2. The van der Waals surface area contributed by atoms with Gasteiger partial charge in [-0.1, -0.05) is 6.42 Å². The summed E-state index contributed by atoms with van der Waals surface area (Å²) < 4.78 is 0. The lowest BCUT2D eigenvalue weighted by Crippen LogP contribution is -2.37. The number of aryl methyl sites for hydroxylation is 1. The maximum atomic E-state index is 12.9. The fourth-order valence-electron chi connectivity index (χ4n) is 3.75. The monoisotopic (exact) mass is 368 g/mol. The predicted molar refractivity (Wildman–Crippen MR) is 102 cm³/mol. The Kier molecular flexibility index (Phi) is 4.55. The number of aromatic nitrogens is 3. The van der Waals surface area contributed by atoms with E-state index in [2.05, 4.69) is 20.5 Å². The molecule has 0 unspecified atom stereocenters. The first-order valence-electron chi connectivity index (χ1n) is 9.35. The van der Waals surface area contributed by atoms with Crippen molar-refractivity contribution in [3.8, 4) is 0 Å². The van der Waals surface area contributed by atoms with Crippen molar-refractivity contribution in [2.24, 2.45) is 0 Å². The number of carbonyl (C=O) groups excluding carboxylic acids is 2. The van der Waals surface area contributed by atoms with Crippen LogP contribution in [0.5, 0.6) is 0 Å². The highest BCUT2D eigenvalue weighted by atomic mass is 16.2. The van der Waals surface area contributed by atoms with Crippen molar-refractivity contribution in [1.82, 2.24) is 20.1 Å². The van der Waals surface area contributed by atoms with Gasteiger partial charge in [-0.15, -0.1) is 0 Å². The highest BCUT2D eigenvalue weighted by Crippen LogP contribution is 2.28. The standard InChI is InChI=1S/C19H24N6O2/c1-24(11-15-13-6-4-3-5-7-14(13)22-23-15)19(27)12-8-16-18(20-9-12)21-10-17(26)25(16)2/h8-9H,3-7,10-11H2,1-2H3,(H,20,21)(H,22,23). The number of H-pyrrole nitrogens is 1. The third-order valence-corrected chi connectivity index (χ3v) is 5.38. The van der Waals surface area contributed by atoms with Crippen molar-refractivity contribution in [2.45, 2.75) is 38.6 Å². The number of aromatic amines is 1. The summed E-state index contributed by atoms with van der Waals surface area (Å²) in [7, 11) is 3.47. The molecular formula is C19H24N6O2. The fourth-order valence-corrected chi connectivity index (χ4v) is 3.75. The molecule has 1 aliphatic carbocycles. The first kappa shape index (κ1) is 17.5. The number of hydrogen-bond donors (Lipinski definition) is 2. The summed E-state index contributed by atoms with van der Waals surface area (Å²) in [5.41, 5.74) is 4.51. The minimum absolute atomic E-state index is 0.0542. The minimum Gasteiger partial charge on any atom is -0.359 e. The van der Waals surface area contributed by atoms with E-state index in [0.717, 1.165) is 18.5 Å². The Morgan fingerprint density at radius 3 is 2.96 bits per heavy atom. The van der Waals surface area contributed by atoms with Gasteiger partial charge in [-0.3, -0.25) is 14.7 Å². The molecule has 0 atom stereocenters. The summed E-state index contributed by atoms with van der Waals surface area (Å²) in [6, 6.07) is 1.72. The molecule has 142 valence electrons. The average molecular weight is 368 g/mol. The fraction of sp³-hybridized carbons (Fsp3) is 0.474. The second-order valence-electron chi connectivity index (χ2n) is 7.25. The Morgan fingerprint density at radius 2 is 2.11 bits per heavy atom. The summed E-state index contributed by atoms with van der Waals surface area (Å²) in [5, 5.41) is 10.6. The van der Waals surface area contributed by atoms with E-state index in [-0.39, 0.29) is 18.4 Å². The van der Waals surface area contributed by atoms with Crippen LogP contribution in [-0.4, -0.2) is 52.5 Å². The highest BCUT2D eigenvalue weighted by molar-refractivity contribution is 6.03. The van der Waals surface area contributed by atoms with Gasteiger partial charge in [-0.25, -0.2) is 4.98 Å². The van der Waals surface area contributed by atoms with Gasteiger partial charge in [0.1, 0.15) is 5.82 Å². The minimum atomic E-state index is -0.137. The van der Waals surface area contributed by atoms with Gasteiger partial charge >= 0.3 is 0 Å². The zero-order valence-corrected chi connectivity index (χ0v) is 15.7. The first-order valence-corrected chi connectivity index (χ1v) is 9.35. The summed E-state index contributed by atoms with van der Waals surface area (Å²) in [5.74, 6) is 0.428. The molecule has 3 heterocycles. The van der Waals surface area contributed by atoms with Gasteiger partial charge in [0.2, 0.25) is 5.91 Å². The predicted octanol–water partition coefficient (Wildman–Crippen LogP) is 1.73. The Bertz CT molecular complexity index is 890. The van der Waals surface area contributed by atoms with E-state index >= 15 is 0 Å². The topological polar surface area (TPSA) is 94.2 Å². The summed E-state index contributed by atoms with van der Waals surface area (Å²) >= 11 is 0. The van der Waals surface area contributed by atoms with Crippen LogP contribution < -0.4 is 10.2 Å². The van der Waals surface area contributed by atoms with Crippen LogP contribution >= 0.6 is 0 Å². The largest absolute Gasteiger partial charge is 0.359 e. The van der Waals surface area contributed by atoms with Crippen LogP contribution in [0.3, 0.4) is 0 Å². The average Bonchev–Trinajstić information content (AvgIpc) is 2.90. The summed E-state index contributed by atoms with van der Waals surface area (Å²) in [4.78, 5) is 32.3. The summed E-state index contributed by atoms with van der Waals surface area (Å²) in [6.45, 7) is 0.669. The second-order valence-corrected chi connectivity index (χ2v) is 7.25. The number of nitrogens with zero attached hydrogens (tertiary/aromatic N) is 4. The van der Waals surface area contributed by atoms with Crippen LogP contribution in [0, 0.1) is 0 Å². The third kappa shape index (κ3) is 3.27. The van der Waals surface area contributed by atoms with E-state index in [1.165, 1.54) is 35.4 Å². The lowest BCUT2D eigenvalue weighted by Gasteiger charge is -2.26. The summed E-state index contributed by atoms with van der Waals surface area (Å²) in [6.07, 6.45) is 7.19. The Hall–Kier alpha value is -2.90. The Morgan fingerprint density at radius 1 is 1.30 bits per heavy atom. The van der Waals surface area contributed by atoms with Crippen LogP contribution in [0.1, 0.15) is 46.6 Å². The van der Waals surface area contributed by atoms with E-state index in [0.29, 0.717) is 23.6 Å². The smallest absolute Gasteiger partial charge is 0.255 e. The highest BCUT2D eigenvalue weighted by Gasteiger charge is 2.24. The van der Waals surface area contributed by atoms with Gasteiger partial charge in [0.25, 0.3) is 5.91 Å². The van der Waals surface area contributed by atoms with Gasteiger partial charge < -0.3 is 15.1 Å². The zero-order chi connectivity index (χ0) is 19.0. The van der Waals surface area contributed by atoms with Gasteiger partial charge in [0, 0.05) is 26.0 Å². The quantitative estimate of drug-likeness (QED) is 0.805. The molecule has 2 amide bonds. The zero-order valence-electron chi connectivity index (χ0n) is 15.7. The molecule has 2 aromatic heterocycles. The van der Waals surface area contributed by atoms with E-state index in [9.17, 15) is 9.59 Å². The van der Waals surface area contributed by atoms with E-state index in [1.807, 2.05) is 0 Å². The molecule has 0 bridgehead atoms. The molecule has 0 radical (unpaired) electrons. The number of nitrogens with one attached hydrogen (secondary N) is 2. The van der Waals surface area contributed by atoms with Crippen molar-refractivity contribution in [3.63, 3.8) is 0 Å². The van der Waals surface area contributed by atoms with Gasteiger partial charge in [-0.2, -0.15) is 5.10 Å². The van der Waals surface area contributed by atoms with Crippen molar-refractivity contribution in [1.29, 1.82) is 0 Å². The van der Waals surface area contributed by atoms with Crippen LogP contribution in [-0.2, 0) is 24.2 Å². The SMILES string of the molecule is CN(Cc1n[nH]c2c1CCCCC2)C(=O)c1cnc2c(c1)N(C)C(=O)CN2. The molecule has 0 saturated heterocycles. The number of fused-ring (bicyclic) bond motifs is 2. The van der Waals surface area contributed by atoms with Crippen LogP contribution in [0.4, 0.5) is 11.5 Å². The molecule has 2 N–H and O–H groups in total. The Labute approximate surface area is 158 Å². The second kappa shape index (κ2) is 7.02. The van der Waals surface area contributed by atoms with Crippen molar-refractivity contribution in [3.05, 3.63) is 34.8 Å². The molecule has 2 aromatic rings. The van der Waals surface area contributed by atoms with Gasteiger partial charge in [0.15, 0.2) is 0 Å². The molecule has 1 aliphatic heterocycles. The number of amides is 2. The first-order chi connectivity index (χ1) is 13.0. The van der Waals surface area contributed by atoms with Crippen LogP contribution in [0.2, 0.25) is 0 Å². The lowest BCUT2D eigenvalue weighted by atomic mass is 10.1. The molecule has 0 aromatic carbocycles. The van der Waals surface area contributed by atoms with E-state index in [4.69, 9.17) is 0 Å². The molecule has 4 rings (SSSR count). The third-order valence-electron chi connectivity index (χ3n) is 5.38. The number of rotatable bonds is 3. The molecule has 0 saturated carbocycles. The lowest BCUT2D eigenvalue weighted by molar-refractivity contribution is -0.116. The van der Waals surface area contributed by atoms with Crippen molar-refractivity contribution in [2.75, 3.05) is 30.9 Å². The van der Waals surface area contributed by atoms with E-state index in [1.54, 1.807) is 31.3 Å². The van der Waals surface area contributed by atoms with Crippen LogP contribution in [0.25, 0.3) is 0 Å². The molecule has 0 fully saturated rings.